The Morgan fingerprint density at radius 2 is 1.67 bits per heavy atom. The maximum Gasteiger partial charge on any atom is 0.200 e. The van der Waals surface area contributed by atoms with Gasteiger partial charge in [-0.1, -0.05) is 12.1 Å². The van der Waals surface area contributed by atoms with Gasteiger partial charge in [0.1, 0.15) is 16.9 Å². The lowest BCUT2D eigenvalue weighted by Crippen LogP contribution is -2.20. The van der Waals surface area contributed by atoms with Crippen LogP contribution in [0.3, 0.4) is 0 Å². The van der Waals surface area contributed by atoms with Crippen LogP contribution in [0.4, 0.5) is 0 Å². The molecule has 0 atom stereocenters. The van der Waals surface area contributed by atoms with Gasteiger partial charge in [-0.05, 0) is 30.7 Å². The van der Waals surface area contributed by atoms with Crippen molar-refractivity contribution >= 4 is 21.5 Å². The van der Waals surface area contributed by atoms with Gasteiger partial charge in [-0.25, -0.2) is 0 Å². The molecule has 4 N–H and O–H groups in total. The van der Waals surface area contributed by atoms with Gasteiger partial charge in [0, 0.05) is 21.4 Å². The number of nitrogens with zero attached hydrogens (tertiary/aromatic N) is 1. The highest BCUT2D eigenvalue weighted by molar-refractivity contribution is 5.95. The second kappa shape index (κ2) is 4.55. The smallest absolute Gasteiger partial charge is 0.200 e. The van der Waals surface area contributed by atoms with Gasteiger partial charge in [0.2, 0.25) is 5.43 Å². The van der Waals surface area contributed by atoms with E-state index in [-0.39, 0.29) is 43.5 Å². The standard InChI is InChI=1S/C18H12N2O4/c1-7-5-9-12(11(22)6-7)14-15(16(9)20-19)18(24)13-8(17(14)23)3-2-4-10(13)21/h2-6,21-22H,19H2,1H3. The largest absolute Gasteiger partial charge is 0.507 e. The molecule has 0 radical (unpaired) electrons. The van der Waals surface area contributed by atoms with Crippen molar-refractivity contribution in [2.45, 2.75) is 6.92 Å². The predicted molar refractivity (Wildman–Crippen MR) is 89.5 cm³/mol. The van der Waals surface area contributed by atoms with Crippen LogP contribution in [-0.2, 0) is 0 Å². The van der Waals surface area contributed by atoms with E-state index in [0.29, 0.717) is 5.39 Å². The fraction of sp³-hybridized carbons (Fsp3) is 0.0556. The summed E-state index contributed by atoms with van der Waals surface area (Å²) >= 11 is 0. The average molecular weight is 320 g/mol. The molecule has 0 spiro atoms. The van der Waals surface area contributed by atoms with E-state index in [0.717, 1.165) is 5.56 Å². The Kier molecular flexibility index (Phi) is 2.69. The first-order valence-corrected chi connectivity index (χ1v) is 7.24. The molecule has 4 rings (SSSR count). The van der Waals surface area contributed by atoms with Crippen molar-refractivity contribution in [3.8, 4) is 11.5 Å². The molecule has 2 aromatic rings. The van der Waals surface area contributed by atoms with E-state index >= 15 is 0 Å². The van der Waals surface area contributed by atoms with Gasteiger partial charge in [0.05, 0.1) is 10.6 Å². The predicted octanol–water partition coefficient (Wildman–Crippen LogP) is 0.808. The van der Waals surface area contributed by atoms with Crippen LogP contribution < -0.4 is 22.1 Å². The van der Waals surface area contributed by atoms with E-state index in [1.54, 1.807) is 13.0 Å². The Hall–Kier alpha value is -3.41. The zero-order chi connectivity index (χ0) is 17.2. The fourth-order valence-corrected chi connectivity index (χ4v) is 3.40. The van der Waals surface area contributed by atoms with Crippen LogP contribution >= 0.6 is 0 Å². The molecule has 0 saturated heterocycles. The highest BCUT2D eigenvalue weighted by atomic mass is 16.3. The number of hydrogen-bond acceptors (Lipinski definition) is 6. The van der Waals surface area contributed by atoms with Crippen molar-refractivity contribution in [2.75, 3.05) is 0 Å². The molecule has 24 heavy (non-hydrogen) atoms. The minimum atomic E-state index is -0.532. The minimum absolute atomic E-state index is 0.0207. The zero-order valence-electron chi connectivity index (χ0n) is 12.6. The summed E-state index contributed by atoms with van der Waals surface area (Å²) in [6.45, 7) is 1.77. The number of aryl methyl sites for hydroxylation is 1. The van der Waals surface area contributed by atoms with Crippen molar-refractivity contribution in [3.05, 3.63) is 72.1 Å². The van der Waals surface area contributed by atoms with Crippen molar-refractivity contribution < 1.29 is 10.2 Å². The van der Waals surface area contributed by atoms with Gasteiger partial charge in [0.25, 0.3) is 0 Å². The van der Waals surface area contributed by atoms with Crippen LogP contribution in [0.2, 0.25) is 0 Å². The van der Waals surface area contributed by atoms with Gasteiger partial charge >= 0.3 is 0 Å². The molecule has 2 aromatic carbocycles. The quantitative estimate of drug-likeness (QED) is 0.328. The average Bonchev–Trinajstić information content (AvgIpc) is 2.87. The SMILES string of the molecule is Cc1cc(O)c2c3c(=O)c4cccc(O)c4c(=O)c=3c(=NN)c2c1. The summed E-state index contributed by atoms with van der Waals surface area (Å²) < 4.78 is 0. The molecule has 118 valence electrons. The van der Waals surface area contributed by atoms with E-state index in [9.17, 15) is 19.8 Å². The van der Waals surface area contributed by atoms with E-state index < -0.39 is 10.9 Å². The molecule has 2 aliphatic carbocycles. The summed E-state index contributed by atoms with van der Waals surface area (Å²) in [5.41, 5.74) is -0.239. The van der Waals surface area contributed by atoms with Gasteiger partial charge in [-0.2, -0.15) is 5.10 Å². The molecule has 6 heteroatoms. The lowest BCUT2D eigenvalue weighted by Gasteiger charge is -2.00. The Labute approximate surface area is 134 Å². The molecule has 0 aliphatic heterocycles. The van der Waals surface area contributed by atoms with Gasteiger partial charge in [0.15, 0.2) is 5.43 Å². The van der Waals surface area contributed by atoms with Crippen LogP contribution in [0.15, 0.2) is 45.0 Å². The second-order valence-corrected chi connectivity index (χ2v) is 5.79. The molecule has 0 bridgehead atoms. The fourth-order valence-electron chi connectivity index (χ4n) is 3.40. The lowest BCUT2D eigenvalue weighted by atomic mass is 10.0. The zero-order valence-corrected chi connectivity index (χ0v) is 12.6. The Balaban J connectivity index is 2.60. The summed E-state index contributed by atoms with van der Waals surface area (Å²) in [7, 11) is 0. The maximum atomic E-state index is 12.9. The number of hydrogen-bond donors (Lipinski definition) is 3. The molecule has 0 saturated carbocycles. The second-order valence-electron chi connectivity index (χ2n) is 5.79. The van der Waals surface area contributed by atoms with E-state index in [1.165, 1.54) is 24.3 Å². The Morgan fingerprint density at radius 1 is 0.917 bits per heavy atom. The van der Waals surface area contributed by atoms with E-state index in [2.05, 4.69) is 5.10 Å². The molecule has 2 aliphatic rings. The first-order chi connectivity index (χ1) is 11.5. The van der Waals surface area contributed by atoms with Crippen LogP contribution in [0.25, 0.3) is 21.5 Å². The van der Waals surface area contributed by atoms with Crippen molar-refractivity contribution in [1.82, 2.24) is 0 Å². The van der Waals surface area contributed by atoms with Crippen LogP contribution in [0.5, 0.6) is 11.5 Å². The topological polar surface area (TPSA) is 113 Å². The van der Waals surface area contributed by atoms with Gasteiger partial charge in [-0.15, -0.1) is 0 Å². The lowest BCUT2D eigenvalue weighted by molar-refractivity contribution is 0.481. The number of benzene rings is 2. The minimum Gasteiger partial charge on any atom is -0.507 e. The molecule has 0 heterocycles. The van der Waals surface area contributed by atoms with Crippen molar-refractivity contribution in [2.24, 2.45) is 10.9 Å². The first-order valence-electron chi connectivity index (χ1n) is 7.24. The summed E-state index contributed by atoms with van der Waals surface area (Å²) in [6, 6.07) is 7.54. The van der Waals surface area contributed by atoms with Crippen LogP contribution in [0.1, 0.15) is 5.56 Å². The highest BCUT2D eigenvalue weighted by Gasteiger charge is 2.19. The van der Waals surface area contributed by atoms with Crippen molar-refractivity contribution in [1.29, 1.82) is 0 Å². The number of phenols is 2. The first kappa shape index (κ1) is 14.2. The highest BCUT2D eigenvalue weighted by Crippen LogP contribution is 2.27. The molecule has 0 aromatic heterocycles. The number of fused-ring (bicyclic) bond motifs is 3. The number of nitrogens with two attached hydrogens (primary N) is 1. The molecule has 6 nitrogen and oxygen atoms in total. The number of phenolic OH excluding ortho intramolecular Hbond substituents is 2. The molecule has 0 amide bonds. The van der Waals surface area contributed by atoms with Gasteiger partial charge in [-0.3, -0.25) is 9.59 Å². The molecule has 0 fully saturated rings. The van der Waals surface area contributed by atoms with E-state index in [1.807, 2.05) is 0 Å². The molecular weight excluding hydrogens is 308 g/mol. The summed E-state index contributed by atoms with van der Waals surface area (Å²) in [5, 5.41) is 25.0. The van der Waals surface area contributed by atoms with Crippen LogP contribution in [0, 0.1) is 17.4 Å². The summed E-state index contributed by atoms with van der Waals surface area (Å²) in [6.07, 6.45) is 0. The molecular formula is C18H12N2O4. The third-order valence-electron chi connectivity index (χ3n) is 4.35. The normalized spacial score (nSPS) is 12.6. The number of aromatic hydroxyl groups is 2. The number of rotatable bonds is 0. The Bertz CT molecular complexity index is 1380. The monoisotopic (exact) mass is 320 g/mol. The molecule has 0 unspecified atom stereocenters. The van der Waals surface area contributed by atoms with E-state index in [4.69, 9.17) is 5.84 Å². The van der Waals surface area contributed by atoms with Crippen LogP contribution in [-0.4, -0.2) is 10.2 Å². The summed E-state index contributed by atoms with van der Waals surface area (Å²) in [5.74, 6) is 5.08. The summed E-state index contributed by atoms with van der Waals surface area (Å²) in [4.78, 5) is 25.8. The third kappa shape index (κ3) is 1.57. The Morgan fingerprint density at radius 3 is 2.38 bits per heavy atom. The van der Waals surface area contributed by atoms with Gasteiger partial charge < -0.3 is 16.1 Å². The third-order valence-corrected chi connectivity index (χ3v) is 4.35. The maximum absolute atomic E-state index is 12.9. The van der Waals surface area contributed by atoms with Crippen molar-refractivity contribution in [3.63, 3.8) is 0 Å².